The molecule has 0 radical (unpaired) electrons. The Bertz CT molecular complexity index is 753. The topological polar surface area (TPSA) is 92.5 Å². The molecule has 0 unspecified atom stereocenters. The zero-order chi connectivity index (χ0) is 13.5. The van der Waals surface area contributed by atoms with Gasteiger partial charge in [-0.25, -0.2) is 0 Å². The van der Waals surface area contributed by atoms with Gasteiger partial charge in [-0.3, -0.25) is 5.10 Å². The number of nitrogen functional groups attached to an aromatic ring is 1. The highest BCUT2D eigenvalue weighted by molar-refractivity contribution is 5.87. The summed E-state index contributed by atoms with van der Waals surface area (Å²) >= 11 is 0. The van der Waals surface area contributed by atoms with E-state index >= 15 is 0 Å². The third-order valence-corrected chi connectivity index (χ3v) is 3.72. The van der Waals surface area contributed by atoms with E-state index in [4.69, 9.17) is 5.73 Å². The Labute approximate surface area is 115 Å². The van der Waals surface area contributed by atoms with Crippen molar-refractivity contribution in [3.05, 3.63) is 41.6 Å². The number of rotatable bonds is 2. The van der Waals surface area contributed by atoms with Crippen molar-refractivity contribution in [1.82, 2.24) is 20.2 Å². The number of hydrogen-bond acceptors (Lipinski definition) is 5. The average molecular weight is 266 g/mol. The number of nitrogens with two attached hydrogens (primary N) is 1. The van der Waals surface area contributed by atoms with Crippen LogP contribution in [0.5, 0.6) is 0 Å². The molecule has 1 aliphatic carbocycles. The molecule has 3 aromatic rings. The predicted octanol–water partition coefficient (Wildman–Crippen LogP) is 1.51. The summed E-state index contributed by atoms with van der Waals surface area (Å²) in [4.78, 5) is 8.41. The van der Waals surface area contributed by atoms with E-state index in [1.807, 2.05) is 0 Å². The lowest BCUT2D eigenvalue weighted by atomic mass is 10.1. The van der Waals surface area contributed by atoms with Crippen LogP contribution < -0.4 is 11.1 Å². The zero-order valence-corrected chi connectivity index (χ0v) is 10.8. The van der Waals surface area contributed by atoms with Gasteiger partial charge in [0.1, 0.15) is 5.82 Å². The normalized spacial score (nSPS) is 14.6. The van der Waals surface area contributed by atoms with Gasteiger partial charge in [-0.2, -0.15) is 15.1 Å². The molecule has 0 atom stereocenters. The first-order chi connectivity index (χ1) is 9.79. The van der Waals surface area contributed by atoms with Gasteiger partial charge < -0.3 is 11.1 Å². The maximum Gasteiger partial charge on any atom is 0.224 e. The van der Waals surface area contributed by atoms with Crippen LogP contribution in [0, 0.1) is 0 Å². The molecule has 20 heavy (non-hydrogen) atoms. The van der Waals surface area contributed by atoms with Crippen LogP contribution in [0.2, 0.25) is 0 Å². The number of benzene rings is 1. The van der Waals surface area contributed by atoms with Crippen LogP contribution in [0.3, 0.4) is 0 Å². The number of aromatic nitrogens is 4. The van der Waals surface area contributed by atoms with Crippen LogP contribution in [-0.2, 0) is 12.8 Å². The molecule has 100 valence electrons. The molecule has 0 fully saturated rings. The molecule has 2 heterocycles. The zero-order valence-electron chi connectivity index (χ0n) is 10.8. The SMILES string of the molecule is Nc1nc(NC2Cc3ccccc3C2)c2cn[nH]c2n1. The molecule has 0 saturated heterocycles. The second kappa shape index (κ2) is 4.19. The summed E-state index contributed by atoms with van der Waals surface area (Å²) in [7, 11) is 0. The fraction of sp³-hybridized carbons (Fsp3) is 0.214. The number of nitrogens with zero attached hydrogens (tertiary/aromatic N) is 3. The highest BCUT2D eigenvalue weighted by atomic mass is 15.2. The number of fused-ring (bicyclic) bond motifs is 2. The van der Waals surface area contributed by atoms with Gasteiger partial charge in [-0.1, -0.05) is 24.3 Å². The fourth-order valence-corrected chi connectivity index (χ4v) is 2.82. The molecule has 1 aliphatic rings. The molecule has 6 nitrogen and oxygen atoms in total. The first kappa shape index (κ1) is 11.2. The first-order valence-corrected chi connectivity index (χ1v) is 6.59. The van der Waals surface area contributed by atoms with Gasteiger partial charge in [0.15, 0.2) is 5.65 Å². The van der Waals surface area contributed by atoms with Crippen LogP contribution >= 0.6 is 0 Å². The van der Waals surface area contributed by atoms with Gasteiger partial charge in [0.25, 0.3) is 0 Å². The van der Waals surface area contributed by atoms with Crippen molar-refractivity contribution in [2.75, 3.05) is 11.1 Å². The summed E-state index contributed by atoms with van der Waals surface area (Å²) in [6.07, 6.45) is 3.72. The maximum absolute atomic E-state index is 5.73. The number of aromatic amines is 1. The summed E-state index contributed by atoms with van der Waals surface area (Å²) in [6, 6.07) is 8.85. The average Bonchev–Trinajstić information content (AvgIpc) is 3.03. The second-order valence-electron chi connectivity index (χ2n) is 5.08. The molecule has 0 amide bonds. The number of nitrogens with one attached hydrogen (secondary N) is 2. The second-order valence-corrected chi connectivity index (χ2v) is 5.08. The summed E-state index contributed by atoms with van der Waals surface area (Å²) < 4.78 is 0. The largest absolute Gasteiger partial charge is 0.368 e. The smallest absolute Gasteiger partial charge is 0.224 e. The molecule has 0 aliphatic heterocycles. The van der Waals surface area contributed by atoms with Crippen molar-refractivity contribution < 1.29 is 0 Å². The summed E-state index contributed by atoms with van der Waals surface area (Å²) in [5.41, 5.74) is 9.19. The van der Waals surface area contributed by atoms with E-state index in [9.17, 15) is 0 Å². The minimum Gasteiger partial charge on any atom is -0.368 e. The molecular weight excluding hydrogens is 252 g/mol. The molecule has 2 aromatic heterocycles. The number of anilines is 2. The Morgan fingerprint density at radius 2 is 1.90 bits per heavy atom. The maximum atomic E-state index is 5.73. The number of H-pyrrole nitrogens is 1. The van der Waals surface area contributed by atoms with Crippen molar-refractivity contribution in [2.24, 2.45) is 0 Å². The highest BCUT2D eigenvalue weighted by Crippen LogP contribution is 2.26. The van der Waals surface area contributed by atoms with E-state index in [0.29, 0.717) is 11.7 Å². The monoisotopic (exact) mass is 266 g/mol. The minimum atomic E-state index is 0.250. The Kier molecular flexibility index (Phi) is 2.35. The quantitative estimate of drug-likeness (QED) is 0.654. The molecule has 0 bridgehead atoms. The molecule has 0 saturated carbocycles. The van der Waals surface area contributed by atoms with Crippen molar-refractivity contribution in [1.29, 1.82) is 0 Å². The Balaban J connectivity index is 1.65. The standard InChI is InChI=1S/C14H14N6/c15-14-18-12(11-7-16-20-13(11)19-14)17-10-5-8-3-1-2-4-9(8)6-10/h1-4,7,10H,5-6H2,(H4,15,16,17,18,19,20). The fourth-order valence-electron chi connectivity index (χ4n) is 2.82. The van der Waals surface area contributed by atoms with Gasteiger partial charge in [0.05, 0.1) is 11.6 Å². The van der Waals surface area contributed by atoms with Crippen LogP contribution in [0.1, 0.15) is 11.1 Å². The van der Waals surface area contributed by atoms with Gasteiger partial charge in [0.2, 0.25) is 5.95 Å². The van der Waals surface area contributed by atoms with Crippen molar-refractivity contribution >= 4 is 22.8 Å². The van der Waals surface area contributed by atoms with E-state index in [0.717, 1.165) is 24.0 Å². The Morgan fingerprint density at radius 1 is 1.15 bits per heavy atom. The molecule has 1 aromatic carbocycles. The summed E-state index contributed by atoms with van der Waals surface area (Å²) in [6.45, 7) is 0. The third kappa shape index (κ3) is 1.77. The molecule has 0 spiro atoms. The van der Waals surface area contributed by atoms with Crippen molar-refractivity contribution in [3.63, 3.8) is 0 Å². The lowest BCUT2D eigenvalue weighted by Crippen LogP contribution is -2.20. The lowest BCUT2D eigenvalue weighted by Gasteiger charge is -2.13. The van der Waals surface area contributed by atoms with Crippen molar-refractivity contribution in [3.8, 4) is 0 Å². The van der Waals surface area contributed by atoms with Crippen LogP contribution in [0.4, 0.5) is 11.8 Å². The van der Waals surface area contributed by atoms with Gasteiger partial charge in [-0.05, 0) is 24.0 Å². The van der Waals surface area contributed by atoms with Crippen LogP contribution in [0.25, 0.3) is 11.0 Å². The van der Waals surface area contributed by atoms with Crippen molar-refractivity contribution in [2.45, 2.75) is 18.9 Å². The van der Waals surface area contributed by atoms with E-state index in [1.54, 1.807) is 6.20 Å². The third-order valence-electron chi connectivity index (χ3n) is 3.72. The van der Waals surface area contributed by atoms with E-state index in [2.05, 4.69) is 49.7 Å². The molecular formula is C14H14N6. The Morgan fingerprint density at radius 3 is 2.65 bits per heavy atom. The minimum absolute atomic E-state index is 0.250. The van der Waals surface area contributed by atoms with Gasteiger partial charge in [-0.15, -0.1) is 0 Å². The molecule has 6 heteroatoms. The Hall–Kier alpha value is -2.63. The molecule has 4 rings (SSSR count). The van der Waals surface area contributed by atoms with E-state index < -0.39 is 0 Å². The summed E-state index contributed by atoms with van der Waals surface area (Å²) in [5.74, 6) is 0.999. The van der Waals surface area contributed by atoms with E-state index in [-0.39, 0.29) is 5.95 Å². The molecule has 4 N–H and O–H groups in total. The number of hydrogen-bond donors (Lipinski definition) is 3. The summed E-state index contributed by atoms with van der Waals surface area (Å²) in [5, 5.41) is 11.2. The predicted molar refractivity (Wildman–Crippen MR) is 77.4 cm³/mol. The lowest BCUT2D eigenvalue weighted by molar-refractivity contribution is 0.770. The first-order valence-electron chi connectivity index (χ1n) is 6.59. The van der Waals surface area contributed by atoms with Gasteiger partial charge in [0, 0.05) is 6.04 Å². The van der Waals surface area contributed by atoms with Crippen LogP contribution in [0.15, 0.2) is 30.5 Å². The highest BCUT2D eigenvalue weighted by Gasteiger charge is 2.22. The van der Waals surface area contributed by atoms with Crippen LogP contribution in [-0.4, -0.2) is 26.2 Å². The van der Waals surface area contributed by atoms with Gasteiger partial charge >= 0.3 is 0 Å². The van der Waals surface area contributed by atoms with E-state index in [1.165, 1.54) is 11.1 Å².